The van der Waals surface area contributed by atoms with Crippen LogP contribution in [0.25, 0.3) is 0 Å². The molecule has 7 nitrogen and oxygen atoms in total. The number of nitrogens with zero attached hydrogens (tertiary/aromatic N) is 3. The molecule has 0 unspecified atom stereocenters. The van der Waals surface area contributed by atoms with E-state index in [9.17, 15) is 13.6 Å². The second-order valence-corrected chi connectivity index (χ2v) is 5.89. The van der Waals surface area contributed by atoms with Crippen molar-refractivity contribution in [2.24, 2.45) is 5.92 Å². The van der Waals surface area contributed by atoms with Gasteiger partial charge in [0, 0.05) is 38.6 Å². The number of amides is 1. The number of H-pyrrole nitrogens is 1. The number of aromatic nitrogens is 3. The monoisotopic (exact) mass is 340 g/mol. The average molecular weight is 340 g/mol. The van der Waals surface area contributed by atoms with Gasteiger partial charge in [-0.1, -0.05) is 5.16 Å². The zero-order chi connectivity index (χ0) is 17.3. The van der Waals surface area contributed by atoms with Gasteiger partial charge in [0.15, 0.2) is 5.69 Å². The normalized spacial score (nSPS) is 21.0. The Kier molecular flexibility index (Phi) is 4.61. The lowest BCUT2D eigenvalue weighted by Crippen LogP contribution is -2.30. The first-order valence-corrected chi connectivity index (χ1v) is 7.55. The van der Waals surface area contributed by atoms with Crippen molar-refractivity contribution in [2.45, 2.75) is 25.9 Å². The summed E-state index contributed by atoms with van der Waals surface area (Å²) in [6.45, 7) is 2.65. The van der Waals surface area contributed by atoms with E-state index < -0.39 is 12.3 Å². The Morgan fingerprint density at radius 3 is 2.88 bits per heavy atom. The fourth-order valence-electron chi connectivity index (χ4n) is 2.96. The Hall–Kier alpha value is -2.29. The molecule has 2 atom stereocenters. The predicted octanol–water partition coefficient (Wildman–Crippen LogP) is 1.97. The van der Waals surface area contributed by atoms with Gasteiger partial charge in [-0.15, -0.1) is 0 Å². The molecule has 0 aliphatic carbocycles. The minimum atomic E-state index is -2.69. The number of aromatic amines is 1. The summed E-state index contributed by atoms with van der Waals surface area (Å²) in [5, 5.41) is 9.72. The van der Waals surface area contributed by atoms with Crippen molar-refractivity contribution in [1.29, 1.82) is 0 Å². The van der Waals surface area contributed by atoms with Gasteiger partial charge in [0.05, 0.1) is 11.8 Å². The van der Waals surface area contributed by atoms with Crippen molar-refractivity contribution >= 4 is 5.91 Å². The van der Waals surface area contributed by atoms with E-state index in [-0.39, 0.29) is 23.4 Å². The van der Waals surface area contributed by atoms with Crippen molar-refractivity contribution in [2.75, 3.05) is 20.2 Å². The lowest BCUT2D eigenvalue weighted by atomic mass is 10.0. The van der Waals surface area contributed by atoms with Crippen LogP contribution in [0.5, 0.6) is 0 Å². The third kappa shape index (κ3) is 3.30. The molecule has 2 aromatic heterocycles. The van der Waals surface area contributed by atoms with Gasteiger partial charge in [-0.05, 0) is 13.0 Å². The third-order valence-electron chi connectivity index (χ3n) is 4.16. The number of aryl methyl sites for hydroxylation is 1. The molecular weight excluding hydrogens is 322 g/mol. The Morgan fingerprint density at radius 2 is 2.29 bits per heavy atom. The first kappa shape index (κ1) is 16.6. The molecule has 0 bridgehead atoms. The Balaban J connectivity index is 1.69. The highest BCUT2D eigenvalue weighted by atomic mass is 19.3. The van der Waals surface area contributed by atoms with Crippen molar-refractivity contribution in [3.8, 4) is 0 Å². The maximum atomic E-state index is 12.6. The molecule has 3 rings (SSSR count). The first-order valence-electron chi connectivity index (χ1n) is 7.55. The number of carbonyl (C=O) groups excluding carboxylic acids is 1. The summed E-state index contributed by atoms with van der Waals surface area (Å²) >= 11 is 0. The second kappa shape index (κ2) is 6.68. The highest BCUT2D eigenvalue weighted by Crippen LogP contribution is 2.26. The van der Waals surface area contributed by atoms with E-state index >= 15 is 0 Å². The highest BCUT2D eigenvalue weighted by molar-refractivity contribution is 5.92. The zero-order valence-electron chi connectivity index (χ0n) is 13.3. The Labute approximate surface area is 136 Å². The minimum Gasteiger partial charge on any atom is -0.379 e. The van der Waals surface area contributed by atoms with Gasteiger partial charge in [-0.3, -0.25) is 9.89 Å². The van der Waals surface area contributed by atoms with Gasteiger partial charge in [0.2, 0.25) is 0 Å². The van der Waals surface area contributed by atoms with Crippen LogP contribution in [0.1, 0.15) is 34.1 Å². The van der Waals surface area contributed by atoms with E-state index in [0.29, 0.717) is 19.5 Å². The molecule has 1 saturated heterocycles. The number of rotatable bonds is 5. The SMILES string of the molecule is CO[C@H]1CN(C(=O)c2cc(C(F)F)[nH]n2)C[C@H]1Cc1cc(C)no1. The Bertz CT molecular complexity index is 715. The number of methoxy groups -OCH3 is 1. The molecule has 130 valence electrons. The number of alkyl halides is 2. The molecule has 1 aliphatic rings. The van der Waals surface area contributed by atoms with Crippen LogP contribution in [0.15, 0.2) is 16.7 Å². The van der Waals surface area contributed by atoms with Crippen LogP contribution < -0.4 is 0 Å². The maximum Gasteiger partial charge on any atom is 0.279 e. The van der Waals surface area contributed by atoms with Crippen LogP contribution in [-0.2, 0) is 11.2 Å². The van der Waals surface area contributed by atoms with Crippen LogP contribution >= 0.6 is 0 Å². The van der Waals surface area contributed by atoms with E-state index in [4.69, 9.17) is 9.26 Å². The number of nitrogens with one attached hydrogen (secondary N) is 1. The molecule has 1 amide bonds. The lowest BCUT2D eigenvalue weighted by Gasteiger charge is -2.14. The van der Waals surface area contributed by atoms with E-state index in [1.54, 1.807) is 12.0 Å². The quantitative estimate of drug-likeness (QED) is 0.900. The highest BCUT2D eigenvalue weighted by Gasteiger charge is 2.37. The summed E-state index contributed by atoms with van der Waals surface area (Å²) in [5.74, 6) is 0.380. The smallest absolute Gasteiger partial charge is 0.279 e. The van der Waals surface area contributed by atoms with E-state index in [0.717, 1.165) is 17.5 Å². The van der Waals surface area contributed by atoms with Gasteiger partial charge in [0.25, 0.3) is 12.3 Å². The van der Waals surface area contributed by atoms with Crippen LogP contribution in [0.4, 0.5) is 8.78 Å². The number of ether oxygens (including phenoxy) is 1. The van der Waals surface area contributed by atoms with Gasteiger partial charge in [0.1, 0.15) is 11.5 Å². The molecule has 9 heteroatoms. The lowest BCUT2D eigenvalue weighted by molar-refractivity contribution is 0.0669. The minimum absolute atomic E-state index is 0.0173. The second-order valence-electron chi connectivity index (χ2n) is 5.89. The van der Waals surface area contributed by atoms with E-state index in [2.05, 4.69) is 15.4 Å². The molecule has 24 heavy (non-hydrogen) atoms. The van der Waals surface area contributed by atoms with Gasteiger partial charge < -0.3 is 14.2 Å². The topological polar surface area (TPSA) is 84.2 Å². The van der Waals surface area contributed by atoms with Gasteiger partial charge >= 0.3 is 0 Å². The van der Waals surface area contributed by atoms with E-state index in [1.165, 1.54) is 0 Å². The van der Waals surface area contributed by atoms with Gasteiger partial charge in [-0.2, -0.15) is 5.10 Å². The van der Waals surface area contributed by atoms with Crippen LogP contribution in [0.2, 0.25) is 0 Å². The fraction of sp³-hybridized carbons (Fsp3) is 0.533. The molecule has 0 aromatic carbocycles. The summed E-state index contributed by atoms with van der Waals surface area (Å²) in [6, 6.07) is 2.93. The summed E-state index contributed by atoms with van der Waals surface area (Å²) in [7, 11) is 1.58. The van der Waals surface area contributed by atoms with Crippen molar-refractivity contribution in [3.05, 3.63) is 35.0 Å². The summed E-state index contributed by atoms with van der Waals surface area (Å²) in [6.07, 6.45) is -2.26. The summed E-state index contributed by atoms with van der Waals surface area (Å²) in [5.41, 5.74) is 0.409. The van der Waals surface area contributed by atoms with Crippen molar-refractivity contribution in [1.82, 2.24) is 20.3 Å². The van der Waals surface area contributed by atoms with Crippen LogP contribution in [0.3, 0.4) is 0 Å². The first-order chi connectivity index (χ1) is 11.5. The molecule has 1 N–H and O–H groups in total. The van der Waals surface area contributed by atoms with Crippen LogP contribution in [0, 0.1) is 12.8 Å². The molecule has 0 radical (unpaired) electrons. The number of carbonyl (C=O) groups is 1. The molecule has 3 heterocycles. The average Bonchev–Trinajstić information content (AvgIpc) is 3.26. The molecule has 2 aromatic rings. The number of hydrogen-bond acceptors (Lipinski definition) is 5. The molecular formula is C15H18F2N4O3. The Morgan fingerprint density at radius 1 is 1.50 bits per heavy atom. The molecule has 1 aliphatic heterocycles. The summed E-state index contributed by atoms with van der Waals surface area (Å²) in [4.78, 5) is 14.0. The molecule has 1 fully saturated rings. The maximum absolute atomic E-state index is 12.6. The standard InChI is InChI=1S/C15H18F2N4O3/c1-8-3-10(24-20-8)4-9-6-21(7-13(9)23-2)15(22)12-5-11(14(16)17)18-19-12/h3,5,9,13-14H,4,6-7H2,1-2H3,(H,18,19)/t9-,13+/m1/s1. The van der Waals surface area contributed by atoms with Crippen LogP contribution in [-0.4, -0.2) is 52.5 Å². The molecule has 0 saturated carbocycles. The van der Waals surface area contributed by atoms with Crippen molar-refractivity contribution in [3.63, 3.8) is 0 Å². The third-order valence-corrected chi connectivity index (χ3v) is 4.16. The zero-order valence-corrected chi connectivity index (χ0v) is 13.3. The van der Waals surface area contributed by atoms with E-state index in [1.807, 2.05) is 13.0 Å². The fourth-order valence-corrected chi connectivity index (χ4v) is 2.96. The number of halogens is 2. The number of hydrogen-bond donors (Lipinski definition) is 1. The van der Waals surface area contributed by atoms with Gasteiger partial charge in [-0.25, -0.2) is 8.78 Å². The van der Waals surface area contributed by atoms with Crippen molar-refractivity contribution < 1.29 is 22.8 Å². The largest absolute Gasteiger partial charge is 0.379 e. The summed E-state index contributed by atoms with van der Waals surface area (Å²) < 4.78 is 35.9. The number of likely N-dealkylation sites (tertiary alicyclic amines) is 1. The molecule has 0 spiro atoms. The predicted molar refractivity (Wildman–Crippen MR) is 78.7 cm³/mol.